The first kappa shape index (κ1) is 8.94. The monoisotopic (exact) mass is 182 g/mol. The number of hydrogen-bond donors (Lipinski definition) is 2. The molecule has 1 atom stereocenters. The second kappa shape index (κ2) is 3.50. The van der Waals surface area contributed by atoms with Crippen molar-refractivity contribution in [2.24, 2.45) is 4.36 Å². The van der Waals surface area contributed by atoms with Crippen LogP contribution in [0.25, 0.3) is 0 Å². The zero-order valence-corrected chi connectivity index (χ0v) is 7.83. The van der Waals surface area contributed by atoms with Crippen molar-refractivity contribution in [3.8, 4) is 6.07 Å². The molecule has 0 fully saturated rings. The molecule has 5 heteroatoms. The number of allylic oxidation sites excluding steroid dienone is 1. The Bertz CT molecular complexity index is 321. The van der Waals surface area contributed by atoms with Gasteiger partial charge in [-0.2, -0.15) is 9.62 Å². The molecule has 1 rings (SSSR count). The van der Waals surface area contributed by atoms with Crippen molar-refractivity contribution >= 4 is 16.7 Å². The third kappa shape index (κ3) is 1.53. The van der Waals surface area contributed by atoms with E-state index < -0.39 is 0 Å². The predicted octanol–water partition coefficient (Wildman–Crippen LogP) is 1.10. The maximum atomic E-state index is 8.65. The molecule has 0 radical (unpaired) electrons. The minimum atomic E-state index is -0.293. The Morgan fingerprint density at radius 2 is 2.42 bits per heavy atom. The molecule has 0 saturated heterocycles. The van der Waals surface area contributed by atoms with Crippen LogP contribution in [0, 0.1) is 16.7 Å². The third-order valence-electron chi connectivity index (χ3n) is 1.47. The number of nitriles is 1. The van der Waals surface area contributed by atoms with Gasteiger partial charge in [0, 0.05) is 11.4 Å². The van der Waals surface area contributed by atoms with Crippen LogP contribution in [0.15, 0.2) is 15.6 Å². The van der Waals surface area contributed by atoms with Crippen LogP contribution in [0.1, 0.15) is 13.8 Å². The third-order valence-corrected chi connectivity index (χ3v) is 2.96. The summed E-state index contributed by atoms with van der Waals surface area (Å²) in [5.41, 5.74) is 1.12. The normalized spacial score (nSPS) is 22.8. The molecule has 0 saturated carbocycles. The van der Waals surface area contributed by atoms with Crippen molar-refractivity contribution in [1.82, 2.24) is 4.72 Å². The van der Waals surface area contributed by atoms with Crippen LogP contribution < -0.4 is 4.72 Å². The molecule has 0 spiro atoms. The van der Waals surface area contributed by atoms with Gasteiger partial charge in [-0.1, -0.05) is 6.92 Å². The summed E-state index contributed by atoms with van der Waals surface area (Å²) in [4.78, 5) is 0. The van der Waals surface area contributed by atoms with Crippen LogP contribution in [0.2, 0.25) is 0 Å². The quantitative estimate of drug-likeness (QED) is 0.637. The first-order valence-electron chi connectivity index (χ1n) is 3.58. The molecule has 4 nitrogen and oxygen atoms in total. The van der Waals surface area contributed by atoms with Gasteiger partial charge in [-0.15, -0.1) is 0 Å². The molecule has 1 aliphatic rings. The average molecular weight is 182 g/mol. The van der Waals surface area contributed by atoms with Crippen LogP contribution in [0.3, 0.4) is 0 Å². The highest BCUT2D eigenvalue weighted by Crippen LogP contribution is 2.10. The van der Waals surface area contributed by atoms with Crippen molar-refractivity contribution < 1.29 is 0 Å². The van der Waals surface area contributed by atoms with Gasteiger partial charge in [-0.25, -0.2) is 0 Å². The van der Waals surface area contributed by atoms with E-state index in [4.69, 9.17) is 10.7 Å². The SMILES string of the molecule is CCS1=NC(=N)C(C#N)=C(C)N1. The summed E-state index contributed by atoms with van der Waals surface area (Å²) in [6.07, 6.45) is 0. The second-order valence-electron chi connectivity index (χ2n) is 2.31. The average Bonchev–Trinajstić information content (AvgIpc) is 2.03. The minimum absolute atomic E-state index is 0.110. The van der Waals surface area contributed by atoms with Crippen molar-refractivity contribution in [2.75, 3.05) is 5.75 Å². The summed E-state index contributed by atoms with van der Waals surface area (Å²) >= 11 is 0. The number of amidine groups is 1. The predicted molar refractivity (Wildman–Crippen MR) is 49.5 cm³/mol. The van der Waals surface area contributed by atoms with E-state index in [-0.39, 0.29) is 16.7 Å². The van der Waals surface area contributed by atoms with Crippen molar-refractivity contribution in [3.63, 3.8) is 0 Å². The molecule has 0 aromatic carbocycles. The summed E-state index contributed by atoms with van der Waals surface area (Å²) in [6.45, 7) is 3.80. The highest BCUT2D eigenvalue weighted by molar-refractivity contribution is 7.85. The lowest BCUT2D eigenvalue weighted by Gasteiger charge is -2.15. The topological polar surface area (TPSA) is 72.0 Å². The van der Waals surface area contributed by atoms with E-state index in [0.717, 1.165) is 11.4 Å². The molecule has 64 valence electrons. The Balaban J connectivity index is 2.98. The van der Waals surface area contributed by atoms with Gasteiger partial charge < -0.3 is 4.72 Å². The highest BCUT2D eigenvalue weighted by atomic mass is 32.2. The molecule has 0 aromatic heterocycles. The maximum Gasteiger partial charge on any atom is 0.173 e. The number of rotatable bonds is 1. The lowest BCUT2D eigenvalue weighted by molar-refractivity contribution is 1.14. The zero-order valence-electron chi connectivity index (χ0n) is 7.01. The first-order chi connectivity index (χ1) is 5.69. The van der Waals surface area contributed by atoms with E-state index in [0.29, 0.717) is 5.57 Å². The van der Waals surface area contributed by atoms with E-state index in [1.807, 2.05) is 13.0 Å². The number of nitrogens with one attached hydrogen (secondary N) is 2. The second-order valence-corrected chi connectivity index (χ2v) is 4.00. The molecule has 1 unspecified atom stereocenters. The van der Waals surface area contributed by atoms with Gasteiger partial charge in [0.15, 0.2) is 5.84 Å². The summed E-state index contributed by atoms with van der Waals surface area (Å²) < 4.78 is 7.10. The molecule has 1 aliphatic heterocycles. The minimum Gasteiger partial charge on any atom is -0.324 e. The van der Waals surface area contributed by atoms with Gasteiger partial charge in [0.1, 0.15) is 11.6 Å². The number of hydrogen-bond acceptors (Lipinski definition) is 3. The smallest absolute Gasteiger partial charge is 0.173 e. The van der Waals surface area contributed by atoms with Crippen LogP contribution in [-0.2, 0) is 10.9 Å². The molecule has 0 amide bonds. The van der Waals surface area contributed by atoms with Crippen LogP contribution in [-0.4, -0.2) is 11.6 Å². The summed E-state index contributed by atoms with van der Waals surface area (Å²) in [7, 11) is -0.293. The summed E-state index contributed by atoms with van der Waals surface area (Å²) in [6, 6.07) is 1.95. The van der Waals surface area contributed by atoms with E-state index in [2.05, 4.69) is 9.08 Å². The fraction of sp³-hybridized carbons (Fsp3) is 0.429. The highest BCUT2D eigenvalue weighted by Gasteiger charge is 2.14. The van der Waals surface area contributed by atoms with Crippen molar-refractivity contribution in [1.29, 1.82) is 10.7 Å². The Morgan fingerprint density at radius 1 is 1.75 bits per heavy atom. The van der Waals surface area contributed by atoms with Gasteiger partial charge in [-0.05, 0) is 17.8 Å². The van der Waals surface area contributed by atoms with Gasteiger partial charge in [0.25, 0.3) is 0 Å². The fourth-order valence-corrected chi connectivity index (χ4v) is 1.94. The van der Waals surface area contributed by atoms with E-state index >= 15 is 0 Å². The molecule has 0 aromatic rings. The largest absolute Gasteiger partial charge is 0.324 e. The Kier molecular flexibility index (Phi) is 2.61. The maximum absolute atomic E-state index is 8.65. The molecule has 0 aliphatic carbocycles. The number of nitrogens with zero attached hydrogens (tertiary/aromatic N) is 2. The zero-order chi connectivity index (χ0) is 9.14. The van der Waals surface area contributed by atoms with Crippen molar-refractivity contribution in [3.05, 3.63) is 11.3 Å². The van der Waals surface area contributed by atoms with Crippen LogP contribution >= 0.6 is 0 Å². The van der Waals surface area contributed by atoms with Crippen LogP contribution in [0.4, 0.5) is 0 Å². The van der Waals surface area contributed by atoms with Crippen LogP contribution in [0.5, 0.6) is 0 Å². The molecular weight excluding hydrogens is 172 g/mol. The van der Waals surface area contributed by atoms with Gasteiger partial charge >= 0.3 is 0 Å². The molecular formula is C7H10N4S. The van der Waals surface area contributed by atoms with Gasteiger partial charge in [0.2, 0.25) is 0 Å². The molecule has 12 heavy (non-hydrogen) atoms. The fourth-order valence-electron chi connectivity index (χ4n) is 0.858. The van der Waals surface area contributed by atoms with E-state index in [1.165, 1.54) is 0 Å². The van der Waals surface area contributed by atoms with Crippen molar-refractivity contribution in [2.45, 2.75) is 13.8 Å². The lowest BCUT2D eigenvalue weighted by atomic mass is 10.2. The Hall–Kier alpha value is -1.15. The van der Waals surface area contributed by atoms with Gasteiger partial charge in [-0.3, -0.25) is 5.41 Å². The summed E-state index contributed by atoms with van der Waals surface area (Å²) in [5, 5.41) is 16.1. The molecule has 0 bridgehead atoms. The molecule has 2 N–H and O–H groups in total. The Labute approximate surface area is 74.0 Å². The summed E-state index contributed by atoms with van der Waals surface area (Å²) in [5.74, 6) is 0.970. The van der Waals surface area contributed by atoms with E-state index in [9.17, 15) is 0 Å². The standard InChI is InChI=1S/C7H10N4S/c1-3-12-10-5(2)6(4-8)7(9)11-12/h3H2,1-2H3,(H2,9,10,11). The molecule has 1 heterocycles. The Morgan fingerprint density at radius 3 is 2.83 bits per heavy atom. The van der Waals surface area contributed by atoms with E-state index in [1.54, 1.807) is 6.92 Å². The first-order valence-corrected chi connectivity index (χ1v) is 4.93. The lowest BCUT2D eigenvalue weighted by Crippen LogP contribution is -2.25. The van der Waals surface area contributed by atoms with Gasteiger partial charge in [0.05, 0.1) is 0 Å².